The molecule has 33 heavy (non-hydrogen) atoms. The summed E-state index contributed by atoms with van der Waals surface area (Å²) >= 11 is 1.20. The van der Waals surface area contributed by atoms with Gasteiger partial charge in [0.25, 0.3) is 0 Å². The van der Waals surface area contributed by atoms with Crippen LogP contribution in [0.1, 0.15) is 0 Å². The van der Waals surface area contributed by atoms with Crippen LogP contribution >= 0.6 is 11.8 Å². The number of benzene rings is 2. The average molecular weight is 467 g/mol. The summed E-state index contributed by atoms with van der Waals surface area (Å²) in [5.74, 6) is 0.0523. The number of fused-ring (bicyclic) bond motifs is 1. The predicted octanol–water partition coefficient (Wildman–Crippen LogP) is 4.38. The van der Waals surface area contributed by atoms with E-state index in [9.17, 15) is 13.6 Å². The Morgan fingerprint density at radius 2 is 1.76 bits per heavy atom. The number of amides is 1. The van der Waals surface area contributed by atoms with E-state index in [-0.39, 0.29) is 23.2 Å². The molecule has 0 spiro atoms. The van der Waals surface area contributed by atoms with Crippen LogP contribution in [-0.2, 0) is 4.79 Å². The molecule has 166 valence electrons. The zero-order valence-electron chi connectivity index (χ0n) is 16.8. The van der Waals surface area contributed by atoms with Crippen LogP contribution in [0.2, 0.25) is 0 Å². The number of nitrogens with one attached hydrogen (secondary N) is 1. The minimum atomic E-state index is -3.71. The monoisotopic (exact) mass is 467 g/mol. The second kappa shape index (κ2) is 8.51. The second-order valence-corrected chi connectivity index (χ2v) is 7.82. The molecule has 1 N–H and O–H groups in total. The van der Waals surface area contributed by atoms with Crippen molar-refractivity contribution < 1.29 is 23.0 Å². The standard InChI is InChI=1S/C22H15F2N5O3S/c23-22(24)31-17-7-6-15(12-18(17)32-22)26-19(30)13-33-21-28-27-20(14-8-10-25-11-9-14)29(21)16-4-2-1-3-5-16/h1-12H,13H2,(H,26,30). The van der Waals surface area contributed by atoms with Gasteiger partial charge in [0, 0.05) is 35.4 Å². The first kappa shape index (κ1) is 20.9. The third-order valence-corrected chi connectivity index (χ3v) is 5.53. The second-order valence-electron chi connectivity index (χ2n) is 6.88. The molecule has 11 heteroatoms. The maximum absolute atomic E-state index is 13.2. The molecule has 2 aromatic heterocycles. The van der Waals surface area contributed by atoms with E-state index in [1.54, 1.807) is 12.4 Å². The number of thioether (sulfide) groups is 1. The molecule has 0 saturated carbocycles. The first-order valence-electron chi connectivity index (χ1n) is 9.72. The molecular weight excluding hydrogens is 452 g/mol. The topological polar surface area (TPSA) is 91.2 Å². The van der Waals surface area contributed by atoms with Gasteiger partial charge in [-0.2, -0.15) is 0 Å². The minimum absolute atomic E-state index is 0.0198. The SMILES string of the molecule is O=C(CSc1nnc(-c2ccncc2)n1-c1ccccc1)Nc1ccc2c(c1)OC(F)(F)O2. The highest BCUT2D eigenvalue weighted by Gasteiger charge is 2.43. The molecular formula is C22H15F2N5O3S. The number of carbonyl (C=O) groups is 1. The molecule has 5 rings (SSSR count). The van der Waals surface area contributed by atoms with Crippen molar-refractivity contribution in [3.05, 3.63) is 73.1 Å². The van der Waals surface area contributed by atoms with Crippen LogP contribution in [-0.4, -0.2) is 37.7 Å². The molecule has 1 aliphatic heterocycles. The molecule has 0 unspecified atom stereocenters. The van der Waals surface area contributed by atoms with Crippen molar-refractivity contribution in [1.82, 2.24) is 19.7 Å². The van der Waals surface area contributed by atoms with E-state index < -0.39 is 6.29 Å². The van der Waals surface area contributed by atoms with Crippen molar-refractivity contribution in [1.29, 1.82) is 0 Å². The number of aromatic nitrogens is 4. The Balaban J connectivity index is 1.33. The first-order valence-corrected chi connectivity index (χ1v) is 10.7. The van der Waals surface area contributed by atoms with Gasteiger partial charge in [-0.15, -0.1) is 19.0 Å². The van der Waals surface area contributed by atoms with Crippen molar-refractivity contribution in [2.45, 2.75) is 11.5 Å². The van der Waals surface area contributed by atoms with Gasteiger partial charge in [0.1, 0.15) is 0 Å². The quantitative estimate of drug-likeness (QED) is 0.421. The summed E-state index contributed by atoms with van der Waals surface area (Å²) in [5.41, 5.74) is 1.98. The molecule has 0 radical (unpaired) electrons. The number of para-hydroxylation sites is 1. The third kappa shape index (κ3) is 4.48. The zero-order valence-corrected chi connectivity index (χ0v) is 17.6. The van der Waals surface area contributed by atoms with Gasteiger partial charge in [0.2, 0.25) is 5.91 Å². The Hall–Kier alpha value is -3.99. The van der Waals surface area contributed by atoms with E-state index in [0.29, 0.717) is 16.7 Å². The summed E-state index contributed by atoms with van der Waals surface area (Å²) in [5, 5.41) is 11.8. The Bertz CT molecular complexity index is 1300. The van der Waals surface area contributed by atoms with E-state index in [0.717, 1.165) is 11.3 Å². The number of hydrogen-bond acceptors (Lipinski definition) is 7. The Morgan fingerprint density at radius 3 is 2.55 bits per heavy atom. The number of rotatable bonds is 6. The third-order valence-electron chi connectivity index (χ3n) is 4.60. The van der Waals surface area contributed by atoms with Gasteiger partial charge in [-0.25, -0.2) is 0 Å². The van der Waals surface area contributed by atoms with Crippen LogP contribution in [0.15, 0.2) is 78.2 Å². The fourth-order valence-electron chi connectivity index (χ4n) is 3.22. The predicted molar refractivity (Wildman–Crippen MR) is 117 cm³/mol. The Kier molecular flexibility index (Phi) is 5.38. The van der Waals surface area contributed by atoms with Crippen molar-refractivity contribution in [3.8, 4) is 28.6 Å². The number of anilines is 1. The molecule has 8 nitrogen and oxygen atoms in total. The van der Waals surface area contributed by atoms with Crippen molar-refractivity contribution in [3.63, 3.8) is 0 Å². The van der Waals surface area contributed by atoms with E-state index in [2.05, 4.69) is 30.0 Å². The molecule has 3 heterocycles. The normalized spacial score (nSPS) is 13.6. The van der Waals surface area contributed by atoms with Crippen LogP contribution < -0.4 is 14.8 Å². The summed E-state index contributed by atoms with van der Waals surface area (Å²) in [6, 6.07) is 17.2. The van der Waals surface area contributed by atoms with Crippen molar-refractivity contribution in [2.75, 3.05) is 11.1 Å². The maximum atomic E-state index is 13.2. The van der Waals surface area contributed by atoms with Crippen LogP contribution in [0.3, 0.4) is 0 Å². The smallest absolute Gasteiger partial charge is 0.395 e. The lowest BCUT2D eigenvalue weighted by atomic mass is 10.2. The Morgan fingerprint density at radius 1 is 1.00 bits per heavy atom. The molecule has 2 aromatic carbocycles. The van der Waals surface area contributed by atoms with Crippen LogP contribution in [0.25, 0.3) is 17.1 Å². The Labute approximate surface area is 190 Å². The molecule has 1 amide bonds. The number of alkyl halides is 2. The largest absolute Gasteiger partial charge is 0.586 e. The highest BCUT2D eigenvalue weighted by atomic mass is 32.2. The number of nitrogens with zero attached hydrogens (tertiary/aromatic N) is 4. The van der Waals surface area contributed by atoms with Gasteiger partial charge >= 0.3 is 6.29 Å². The molecule has 0 saturated heterocycles. The fraction of sp³-hybridized carbons (Fsp3) is 0.0909. The number of halogens is 2. The summed E-state index contributed by atoms with van der Waals surface area (Å²) in [6.07, 6.45) is -0.378. The fourth-order valence-corrected chi connectivity index (χ4v) is 3.97. The highest BCUT2D eigenvalue weighted by Crippen LogP contribution is 2.42. The van der Waals surface area contributed by atoms with Crippen LogP contribution in [0, 0.1) is 0 Å². The maximum Gasteiger partial charge on any atom is 0.586 e. The van der Waals surface area contributed by atoms with Gasteiger partial charge in [0.15, 0.2) is 22.5 Å². The van der Waals surface area contributed by atoms with Gasteiger partial charge in [0.05, 0.1) is 5.75 Å². The molecule has 1 aliphatic rings. The average Bonchev–Trinajstić information content (AvgIpc) is 3.38. The van der Waals surface area contributed by atoms with Crippen molar-refractivity contribution in [2.24, 2.45) is 0 Å². The van der Waals surface area contributed by atoms with E-state index >= 15 is 0 Å². The van der Waals surface area contributed by atoms with Crippen molar-refractivity contribution >= 4 is 23.4 Å². The number of hydrogen-bond donors (Lipinski definition) is 1. The first-order chi connectivity index (χ1) is 16.0. The zero-order chi connectivity index (χ0) is 22.8. The summed E-state index contributed by atoms with van der Waals surface area (Å²) in [7, 11) is 0. The summed E-state index contributed by atoms with van der Waals surface area (Å²) < 4.78 is 37.0. The lowest BCUT2D eigenvalue weighted by molar-refractivity contribution is -0.286. The van der Waals surface area contributed by atoms with Crippen LogP contribution in [0.5, 0.6) is 11.5 Å². The lowest BCUT2D eigenvalue weighted by Crippen LogP contribution is -2.25. The van der Waals surface area contributed by atoms with Gasteiger partial charge < -0.3 is 14.8 Å². The van der Waals surface area contributed by atoms with E-state index in [4.69, 9.17) is 0 Å². The highest BCUT2D eigenvalue weighted by molar-refractivity contribution is 7.99. The van der Waals surface area contributed by atoms with Gasteiger partial charge in [-0.1, -0.05) is 30.0 Å². The molecule has 4 aromatic rings. The number of ether oxygens (including phenoxy) is 2. The molecule has 0 atom stereocenters. The molecule has 0 fully saturated rings. The molecule has 0 bridgehead atoms. The van der Waals surface area contributed by atoms with E-state index in [1.165, 1.54) is 30.0 Å². The summed E-state index contributed by atoms with van der Waals surface area (Å²) in [6.45, 7) is 0. The lowest BCUT2D eigenvalue weighted by Gasteiger charge is -2.10. The summed E-state index contributed by atoms with van der Waals surface area (Å²) in [4.78, 5) is 16.6. The number of pyridine rings is 1. The van der Waals surface area contributed by atoms with Gasteiger partial charge in [-0.3, -0.25) is 14.3 Å². The number of carbonyl (C=O) groups excluding carboxylic acids is 1. The van der Waals surface area contributed by atoms with Crippen LogP contribution in [0.4, 0.5) is 14.5 Å². The van der Waals surface area contributed by atoms with Gasteiger partial charge in [-0.05, 0) is 36.4 Å². The van der Waals surface area contributed by atoms with E-state index in [1.807, 2.05) is 47.0 Å². The minimum Gasteiger partial charge on any atom is -0.395 e. The molecule has 0 aliphatic carbocycles.